The van der Waals surface area contributed by atoms with Gasteiger partial charge in [0, 0.05) is 13.0 Å². The molecule has 0 radical (unpaired) electrons. The first-order valence-electron chi connectivity index (χ1n) is 7.26. The number of carbonyl (C=O) groups is 1. The van der Waals surface area contributed by atoms with E-state index < -0.39 is 5.72 Å². The van der Waals surface area contributed by atoms with Crippen LogP contribution < -0.4 is 12.4 Å². The molecule has 0 heterocycles. The lowest BCUT2D eigenvalue weighted by Gasteiger charge is -2.49. The monoisotopic (exact) mass is 311 g/mol. The Morgan fingerprint density at radius 3 is 2.05 bits per heavy atom. The summed E-state index contributed by atoms with van der Waals surface area (Å²) < 4.78 is 6.52. The molecular formula is C17H26ClNO2. The van der Waals surface area contributed by atoms with Crippen molar-refractivity contribution in [2.75, 3.05) is 19.6 Å². The molecule has 1 aromatic carbocycles. The van der Waals surface area contributed by atoms with Gasteiger partial charge in [0.15, 0.2) is 0 Å². The van der Waals surface area contributed by atoms with Crippen molar-refractivity contribution in [1.82, 2.24) is 0 Å². The molecule has 1 aromatic rings. The van der Waals surface area contributed by atoms with Gasteiger partial charge in [0.25, 0.3) is 5.72 Å². The molecule has 0 amide bonds. The van der Waals surface area contributed by atoms with Crippen LogP contribution in [0.3, 0.4) is 0 Å². The number of halogens is 1. The second-order valence-corrected chi connectivity index (χ2v) is 5.07. The molecule has 4 heteroatoms. The summed E-state index contributed by atoms with van der Waals surface area (Å²) in [6, 6.07) is 9.96. The minimum absolute atomic E-state index is 0. The minimum atomic E-state index is -0.704. The van der Waals surface area contributed by atoms with Gasteiger partial charge >= 0.3 is 5.97 Å². The van der Waals surface area contributed by atoms with Crippen LogP contribution in [0, 0.1) is 0 Å². The van der Waals surface area contributed by atoms with Gasteiger partial charge in [-0.3, -0.25) is 4.48 Å². The molecule has 3 nitrogen and oxygen atoms in total. The molecule has 0 N–H and O–H groups in total. The van der Waals surface area contributed by atoms with Crippen molar-refractivity contribution in [3.05, 3.63) is 48.6 Å². The SMILES string of the molecule is C=CC(=O)OC(C)(c1ccccc1)[N+](CC)(CC)CC.[Cl-]. The highest BCUT2D eigenvalue weighted by Crippen LogP contribution is 2.36. The highest BCUT2D eigenvalue weighted by Gasteiger charge is 2.49. The molecule has 0 spiro atoms. The lowest BCUT2D eigenvalue weighted by atomic mass is 9.99. The number of benzene rings is 1. The molecule has 0 fully saturated rings. The Morgan fingerprint density at radius 1 is 1.19 bits per heavy atom. The third kappa shape index (κ3) is 3.66. The Balaban J connectivity index is 0.00000400. The summed E-state index contributed by atoms with van der Waals surface area (Å²) in [6.07, 6.45) is 1.23. The van der Waals surface area contributed by atoms with E-state index in [2.05, 4.69) is 27.4 Å². The third-order valence-corrected chi connectivity index (χ3v) is 4.50. The summed E-state index contributed by atoms with van der Waals surface area (Å²) in [5.74, 6) is -0.380. The van der Waals surface area contributed by atoms with Gasteiger partial charge in [0.2, 0.25) is 0 Å². The van der Waals surface area contributed by atoms with Crippen LogP contribution in [0.25, 0.3) is 0 Å². The van der Waals surface area contributed by atoms with Crippen LogP contribution in [-0.4, -0.2) is 30.1 Å². The summed E-state index contributed by atoms with van der Waals surface area (Å²) in [6.45, 7) is 14.6. The van der Waals surface area contributed by atoms with Gasteiger partial charge in [-0.2, -0.15) is 0 Å². The molecule has 0 aliphatic rings. The number of quaternary nitrogens is 1. The van der Waals surface area contributed by atoms with E-state index in [0.717, 1.165) is 25.2 Å². The molecule has 1 unspecified atom stereocenters. The largest absolute Gasteiger partial charge is 1.00 e. The second kappa shape index (κ2) is 8.20. The van der Waals surface area contributed by atoms with E-state index >= 15 is 0 Å². The summed E-state index contributed by atoms with van der Waals surface area (Å²) >= 11 is 0. The summed E-state index contributed by atoms with van der Waals surface area (Å²) in [5, 5.41) is 0. The van der Waals surface area contributed by atoms with E-state index in [4.69, 9.17) is 4.74 Å². The van der Waals surface area contributed by atoms with Gasteiger partial charge < -0.3 is 17.1 Å². The van der Waals surface area contributed by atoms with Crippen LogP contribution in [-0.2, 0) is 15.3 Å². The number of carbonyl (C=O) groups excluding carboxylic acids is 1. The average Bonchev–Trinajstić information content (AvgIpc) is 2.50. The molecule has 0 saturated heterocycles. The van der Waals surface area contributed by atoms with Crippen molar-refractivity contribution in [3.8, 4) is 0 Å². The fraction of sp³-hybridized carbons (Fsp3) is 0.471. The van der Waals surface area contributed by atoms with Crippen molar-refractivity contribution in [2.24, 2.45) is 0 Å². The van der Waals surface area contributed by atoms with Gasteiger partial charge in [-0.15, -0.1) is 0 Å². The Kier molecular flexibility index (Phi) is 7.69. The standard InChI is InChI=1S/C17H26NO2.ClH/c1-6-16(19)20-17(5,15-13-11-10-12-14-15)18(7-2,8-3)9-4;/h6,10-14H,1,7-9H2,2-5H3;1H/q+1;/p-1. The maximum Gasteiger partial charge on any atom is 0.335 e. The Bertz CT molecular complexity index is 449. The van der Waals surface area contributed by atoms with Crippen molar-refractivity contribution < 1.29 is 26.4 Å². The summed E-state index contributed by atoms with van der Waals surface area (Å²) in [7, 11) is 0. The van der Waals surface area contributed by atoms with Crippen LogP contribution >= 0.6 is 0 Å². The summed E-state index contributed by atoms with van der Waals surface area (Å²) in [4.78, 5) is 11.8. The van der Waals surface area contributed by atoms with Crippen molar-refractivity contribution in [3.63, 3.8) is 0 Å². The first-order chi connectivity index (χ1) is 9.49. The van der Waals surface area contributed by atoms with Gasteiger partial charge in [-0.25, -0.2) is 4.79 Å². The van der Waals surface area contributed by atoms with Crippen LogP contribution in [0.5, 0.6) is 0 Å². The number of rotatable bonds is 7. The van der Waals surface area contributed by atoms with E-state index in [1.54, 1.807) is 0 Å². The number of nitrogens with zero attached hydrogens (tertiary/aromatic N) is 1. The topological polar surface area (TPSA) is 26.3 Å². The molecule has 1 atom stereocenters. The van der Waals surface area contributed by atoms with Gasteiger partial charge in [-0.05, 0) is 32.9 Å². The molecule has 21 heavy (non-hydrogen) atoms. The maximum atomic E-state index is 11.8. The lowest BCUT2D eigenvalue weighted by molar-refractivity contribution is -0.999. The number of esters is 1. The molecule has 0 bridgehead atoms. The quantitative estimate of drug-likeness (QED) is 0.317. The predicted octanol–water partition coefficient (Wildman–Crippen LogP) is 0.469. The van der Waals surface area contributed by atoms with E-state index in [0.29, 0.717) is 4.48 Å². The average molecular weight is 312 g/mol. The fourth-order valence-corrected chi connectivity index (χ4v) is 2.99. The number of hydrogen-bond donors (Lipinski definition) is 0. The van der Waals surface area contributed by atoms with E-state index in [-0.39, 0.29) is 18.4 Å². The normalized spacial score (nSPS) is 13.7. The number of ether oxygens (including phenoxy) is 1. The highest BCUT2D eigenvalue weighted by atomic mass is 35.5. The zero-order valence-corrected chi connectivity index (χ0v) is 14.2. The maximum absolute atomic E-state index is 11.8. The van der Waals surface area contributed by atoms with Crippen LogP contribution in [0.1, 0.15) is 33.3 Å². The van der Waals surface area contributed by atoms with E-state index in [9.17, 15) is 4.79 Å². The number of hydrogen-bond acceptors (Lipinski definition) is 2. The van der Waals surface area contributed by atoms with Crippen molar-refractivity contribution in [1.29, 1.82) is 0 Å². The molecule has 0 aromatic heterocycles. The van der Waals surface area contributed by atoms with E-state index in [1.165, 1.54) is 6.08 Å². The first kappa shape index (κ1) is 19.7. The van der Waals surface area contributed by atoms with Crippen LogP contribution in [0.15, 0.2) is 43.0 Å². The first-order valence-corrected chi connectivity index (χ1v) is 7.26. The Hall–Kier alpha value is -1.32. The van der Waals surface area contributed by atoms with Crippen molar-refractivity contribution in [2.45, 2.75) is 33.4 Å². The zero-order valence-electron chi connectivity index (χ0n) is 13.4. The minimum Gasteiger partial charge on any atom is -1.00 e. The smallest absolute Gasteiger partial charge is 0.335 e. The molecule has 0 saturated carbocycles. The zero-order chi connectivity index (χ0) is 15.2. The van der Waals surface area contributed by atoms with Crippen LogP contribution in [0.2, 0.25) is 0 Å². The lowest BCUT2D eigenvalue weighted by Crippen LogP contribution is -3.00. The molecular weight excluding hydrogens is 286 g/mol. The molecule has 1 rings (SSSR count). The second-order valence-electron chi connectivity index (χ2n) is 5.07. The Labute approximate surface area is 134 Å². The summed E-state index contributed by atoms with van der Waals surface area (Å²) in [5.41, 5.74) is 0.311. The van der Waals surface area contributed by atoms with Gasteiger partial charge in [-0.1, -0.05) is 24.8 Å². The third-order valence-electron chi connectivity index (χ3n) is 4.50. The molecule has 0 aliphatic carbocycles. The fourth-order valence-electron chi connectivity index (χ4n) is 2.99. The van der Waals surface area contributed by atoms with Crippen molar-refractivity contribution >= 4 is 5.97 Å². The Morgan fingerprint density at radius 2 is 1.67 bits per heavy atom. The van der Waals surface area contributed by atoms with Gasteiger partial charge in [0.05, 0.1) is 25.2 Å². The predicted molar refractivity (Wildman–Crippen MR) is 82.0 cm³/mol. The van der Waals surface area contributed by atoms with Crippen LogP contribution in [0.4, 0.5) is 0 Å². The molecule has 0 aliphatic heterocycles. The molecule has 118 valence electrons. The highest BCUT2D eigenvalue weighted by molar-refractivity contribution is 5.81. The van der Waals surface area contributed by atoms with E-state index in [1.807, 2.05) is 37.3 Å². The van der Waals surface area contributed by atoms with Gasteiger partial charge in [0.1, 0.15) is 0 Å².